The Morgan fingerprint density at radius 2 is 0.737 bits per heavy atom. The molecule has 14 aromatic carbocycles. The molecule has 2 aromatic heterocycles. The molecule has 0 saturated heterocycles. The smallest absolute Gasteiger partial charge is 0.0725 e. The van der Waals surface area contributed by atoms with Crippen molar-refractivity contribution in [3.8, 4) is 61.3 Å². The van der Waals surface area contributed by atoms with Crippen molar-refractivity contribution in [2.45, 2.75) is 17.9 Å². The van der Waals surface area contributed by atoms with Crippen molar-refractivity contribution < 1.29 is 0 Å². The van der Waals surface area contributed by atoms with Gasteiger partial charge in [0.05, 0.1) is 39.4 Å². The summed E-state index contributed by atoms with van der Waals surface area (Å²) in [6, 6.07) is 125. The molecule has 16 aromatic rings. The summed E-state index contributed by atoms with van der Waals surface area (Å²) in [7, 11) is 0. The highest BCUT2D eigenvalue weighted by Crippen LogP contribution is 2.63. The molecule has 0 aliphatic heterocycles. The van der Waals surface area contributed by atoms with Gasteiger partial charge in [-0.15, -0.1) is 0 Å². The van der Waals surface area contributed by atoms with Crippen LogP contribution in [0.4, 0.5) is 34.1 Å². The molecular weight excluding hydrogens is 1150 g/mol. The van der Waals surface area contributed by atoms with Crippen LogP contribution in [0.1, 0.15) is 34.7 Å². The zero-order valence-electron chi connectivity index (χ0n) is 52.1. The monoisotopic (exact) mass is 1210 g/mol. The average Bonchev–Trinajstić information content (AvgIpc) is 1.51. The van der Waals surface area contributed by atoms with Crippen LogP contribution in [-0.2, 0) is 5.41 Å². The number of anilines is 6. The minimum absolute atomic E-state index is 0.150. The molecule has 4 heteroatoms. The maximum absolute atomic E-state index is 2.57. The minimum atomic E-state index is -0.537. The van der Waals surface area contributed by atoms with Gasteiger partial charge in [-0.25, -0.2) is 0 Å². The minimum Gasteiger partial charge on any atom is -0.333 e. The highest BCUT2D eigenvalue weighted by molar-refractivity contribution is 6.18. The molecule has 95 heavy (non-hydrogen) atoms. The number of para-hydroxylation sites is 3. The summed E-state index contributed by atoms with van der Waals surface area (Å²) in [4.78, 5) is 5.08. The fourth-order valence-corrected chi connectivity index (χ4v) is 16.4. The molecule has 3 aliphatic rings. The van der Waals surface area contributed by atoms with Crippen LogP contribution in [0, 0.1) is 0 Å². The second-order valence-corrected chi connectivity index (χ2v) is 25.4. The number of aromatic nitrogens is 2. The first-order valence-electron chi connectivity index (χ1n) is 33.1. The highest BCUT2D eigenvalue weighted by Gasteiger charge is 2.51. The zero-order chi connectivity index (χ0) is 62.6. The van der Waals surface area contributed by atoms with Crippen molar-refractivity contribution >= 4 is 77.7 Å². The van der Waals surface area contributed by atoms with E-state index in [2.05, 4.69) is 377 Å². The molecule has 0 bridgehead atoms. The second kappa shape index (κ2) is 22.0. The molecule has 0 fully saturated rings. The van der Waals surface area contributed by atoms with E-state index < -0.39 is 5.41 Å². The number of nitrogens with zero attached hydrogens (tertiary/aromatic N) is 4. The molecule has 4 nitrogen and oxygen atoms in total. The SMILES string of the molecule is C1=CCC(n2c3ccccc3c3c(N(c4ccc(-c5ccccc5)cc4)c4cc(-c5ccc6c(c5)C5(c7ccccc7-c7ccccc75)c5ccccc5-6)cc(N(c5ccc(-c6ccccc6)cc5)c5cccc6c5c5ccccc5n6-c5ccccc5)c4)cccc32)C=C1. The van der Waals surface area contributed by atoms with Crippen LogP contribution in [0.25, 0.3) is 105 Å². The predicted octanol–water partition coefficient (Wildman–Crippen LogP) is 24.2. The Hall–Kier alpha value is -12.2. The van der Waals surface area contributed by atoms with Gasteiger partial charge >= 0.3 is 0 Å². The van der Waals surface area contributed by atoms with Gasteiger partial charge in [0.1, 0.15) is 0 Å². The van der Waals surface area contributed by atoms with E-state index >= 15 is 0 Å². The number of rotatable bonds is 11. The molecule has 3 aliphatic carbocycles. The molecule has 19 rings (SSSR count). The van der Waals surface area contributed by atoms with Crippen LogP contribution in [0.3, 0.4) is 0 Å². The van der Waals surface area contributed by atoms with Crippen molar-refractivity contribution in [2.75, 3.05) is 9.80 Å². The average molecular weight is 1210 g/mol. The first kappa shape index (κ1) is 54.5. The molecule has 0 radical (unpaired) electrons. The lowest BCUT2D eigenvalue weighted by atomic mass is 9.70. The van der Waals surface area contributed by atoms with E-state index in [4.69, 9.17) is 0 Å². The summed E-state index contributed by atoms with van der Waals surface area (Å²) in [5, 5.41) is 4.76. The van der Waals surface area contributed by atoms with Gasteiger partial charge in [-0.1, -0.05) is 261 Å². The van der Waals surface area contributed by atoms with E-state index in [0.29, 0.717) is 0 Å². The van der Waals surface area contributed by atoms with E-state index in [-0.39, 0.29) is 6.04 Å². The topological polar surface area (TPSA) is 16.3 Å². The van der Waals surface area contributed by atoms with Gasteiger partial charge in [0, 0.05) is 55.5 Å². The number of fused-ring (bicyclic) bond motifs is 16. The van der Waals surface area contributed by atoms with Crippen LogP contribution < -0.4 is 9.80 Å². The summed E-state index contributed by atoms with van der Waals surface area (Å²) >= 11 is 0. The molecule has 0 N–H and O–H groups in total. The third kappa shape index (κ3) is 8.47. The first-order chi connectivity index (χ1) is 47.2. The summed E-state index contributed by atoms with van der Waals surface area (Å²) in [6.07, 6.45) is 9.95. The van der Waals surface area contributed by atoms with Crippen LogP contribution in [0.2, 0.25) is 0 Å². The van der Waals surface area contributed by atoms with Crippen molar-refractivity contribution in [2.24, 2.45) is 0 Å². The second-order valence-electron chi connectivity index (χ2n) is 25.4. The summed E-state index contributed by atoms with van der Waals surface area (Å²) in [5.41, 5.74) is 28.8. The maximum atomic E-state index is 2.57. The number of hydrogen-bond donors (Lipinski definition) is 0. The highest BCUT2D eigenvalue weighted by atomic mass is 15.2. The van der Waals surface area contributed by atoms with Gasteiger partial charge in [-0.3, -0.25) is 0 Å². The maximum Gasteiger partial charge on any atom is 0.0725 e. The molecular formula is C91H62N4. The normalized spacial score (nSPS) is 14.0. The predicted molar refractivity (Wildman–Crippen MR) is 398 cm³/mol. The van der Waals surface area contributed by atoms with Crippen LogP contribution >= 0.6 is 0 Å². The lowest BCUT2D eigenvalue weighted by Gasteiger charge is -2.32. The van der Waals surface area contributed by atoms with Gasteiger partial charge in [-0.05, 0) is 181 Å². The van der Waals surface area contributed by atoms with Crippen molar-refractivity contribution in [3.05, 3.63) is 380 Å². The van der Waals surface area contributed by atoms with Crippen LogP contribution in [0.5, 0.6) is 0 Å². The molecule has 0 saturated carbocycles. The molecule has 1 spiro atoms. The van der Waals surface area contributed by atoms with Crippen molar-refractivity contribution in [3.63, 3.8) is 0 Å². The third-order valence-corrected chi connectivity index (χ3v) is 20.4. The fraction of sp³-hybridized carbons (Fsp3) is 0.0330. The lowest BCUT2D eigenvalue weighted by molar-refractivity contribution is 0.648. The number of hydrogen-bond acceptors (Lipinski definition) is 2. The van der Waals surface area contributed by atoms with Gasteiger partial charge in [0.25, 0.3) is 0 Å². The number of allylic oxidation sites excluding steroid dienone is 4. The van der Waals surface area contributed by atoms with Crippen molar-refractivity contribution in [1.29, 1.82) is 0 Å². The van der Waals surface area contributed by atoms with Gasteiger partial charge in [-0.2, -0.15) is 0 Å². The van der Waals surface area contributed by atoms with E-state index in [1.54, 1.807) is 0 Å². The number of benzene rings is 14. The van der Waals surface area contributed by atoms with Crippen LogP contribution in [0.15, 0.2) is 358 Å². The Labute approximate surface area is 552 Å². The molecule has 446 valence electrons. The summed E-state index contributed by atoms with van der Waals surface area (Å²) < 4.78 is 5.00. The summed E-state index contributed by atoms with van der Waals surface area (Å²) in [6.45, 7) is 0. The van der Waals surface area contributed by atoms with E-state index in [1.165, 1.54) is 88.2 Å². The van der Waals surface area contributed by atoms with Gasteiger partial charge in [0.2, 0.25) is 0 Å². The largest absolute Gasteiger partial charge is 0.333 e. The molecule has 1 atom stereocenters. The van der Waals surface area contributed by atoms with Gasteiger partial charge in [0.15, 0.2) is 0 Å². The molecule has 2 heterocycles. The molecule has 1 unspecified atom stereocenters. The fourth-order valence-electron chi connectivity index (χ4n) is 16.4. The Balaban J connectivity index is 0.920. The van der Waals surface area contributed by atoms with E-state index in [9.17, 15) is 0 Å². The zero-order valence-corrected chi connectivity index (χ0v) is 52.1. The summed E-state index contributed by atoms with van der Waals surface area (Å²) in [5.74, 6) is 0. The Kier molecular flexibility index (Phi) is 12.6. The third-order valence-electron chi connectivity index (χ3n) is 20.4. The standard InChI is InChI=1S/C91H62N4/c1-5-25-61(26-6-1)63-47-52-69(53-48-63)92(85-43-23-45-87-89(85)77-36-16-21-41-83(77)94(87)67-29-9-3-10-30-67)71-57-66(65-51-56-76-75-35-15-20-40-81(75)91(82(76)59-65)79-38-18-13-33-73(79)74-34-14-19-39-80(74)91)58-72(60-71)93(70-54-49-64(50-55-70)62-27-7-2-8-28-62)86-44-24-46-88-90(86)78-37-17-22-42-84(78)95(88)68-31-11-4-12-32-68/h1-31,33-60,68H,32H2. The quantitative estimate of drug-likeness (QED) is 0.128. The first-order valence-corrected chi connectivity index (χ1v) is 33.1. The Morgan fingerprint density at radius 1 is 0.295 bits per heavy atom. The lowest BCUT2D eigenvalue weighted by Crippen LogP contribution is -2.25. The molecule has 0 amide bonds. The van der Waals surface area contributed by atoms with Crippen molar-refractivity contribution in [1.82, 2.24) is 9.13 Å². The van der Waals surface area contributed by atoms with E-state index in [1.807, 2.05) is 0 Å². The van der Waals surface area contributed by atoms with E-state index in [0.717, 1.165) is 79.5 Å². The Bertz CT molecular complexity index is 5690. The van der Waals surface area contributed by atoms with Gasteiger partial charge < -0.3 is 18.9 Å². The van der Waals surface area contributed by atoms with Crippen LogP contribution in [-0.4, -0.2) is 9.13 Å². The Morgan fingerprint density at radius 3 is 1.29 bits per heavy atom.